The number of fused-ring (bicyclic) bond motifs is 2. The number of hydrogen-bond donors (Lipinski definition) is 2. The molecule has 4 aromatic rings. The van der Waals surface area contributed by atoms with Crippen LogP contribution in [0.5, 0.6) is 0 Å². The number of aromatic nitrogens is 2. The lowest BCUT2D eigenvalue weighted by Gasteiger charge is -2.21. The molecule has 0 atom stereocenters. The van der Waals surface area contributed by atoms with E-state index in [0.29, 0.717) is 23.3 Å². The van der Waals surface area contributed by atoms with Gasteiger partial charge in [-0.15, -0.1) is 0 Å². The molecule has 7 nitrogen and oxygen atoms in total. The maximum absolute atomic E-state index is 13.2. The van der Waals surface area contributed by atoms with Gasteiger partial charge in [0.1, 0.15) is 0 Å². The van der Waals surface area contributed by atoms with Crippen molar-refractivity contribution in [1.82, 2.24) is 9.55 Å². The Balaban J connectivity index is 1.63. The molecular weight excluding hydrogens is 468 g/mol. The summed E-state index contributed by atoms with van der Waals surface area (Å²) in [4.78, 5) is 40.3. The van der Waals surface area contributed by atoms with Crippen molar-refractivity contribution in [2.45, 2.75) is 26.0 Å². The van der Waals surface area contributed by atoms with Crippen LogP contribution in [0.1, 0.15) is 62.1 Å². The fourth-order valence-corrected chi connectivity index (χ4v) is 4.86. The summed E-state index contributed by atoms with van der Waals surface area (Å²) in [5.74, 6) is -1.45. The molecule has 0 radical (unpaired) electrons. The van der Waals surface area contributed by atoms with E-state index < -0.39 is 23.1 Å². The molecule has 0 unspecified atom stereocenters. The molecule has 2 N–H and O–H groups in total. The van der Waals surface area contributed by atoms with Crippen molar-refractivity contribution in [1.29, 1.82) is 0 Å². The number of benzene rings is 3. The van der Waals surface area contributed by atoms with Gasteiger partial charge in [0.2, 0.25) is 0 Å². The topological polar surface area (TPSA) is 101 Å². The monoisotopic (exact) mass is 494 g/mol. The first-order valence-electron chi connectivity index (χ1n) is 12.1. The minimum absolute atomic E-state index is 0.0944. The van der Waals surface area contributed by atoms with Crippen molar-refractivity contribution in [3.63, 3.8) is 0 Å². The second kappa shape index (κ2) is 10.2. The van der Waals surface area contributed by atoms with Crippen LogP contribution in [0.3, 0.4) is 0 Å². The van der Waals surface area contributed by atoms with Crippen LogP contribution >= 0.6 is 0 Å². The molecule has 3 aromatic carbocycles. The molecule has 0 saturated carbocycles. The van der Waals surface area contributed by atoms with E-state index in [0.717, 1.165) is 22.3 Å². The number of nitrogens with one attached hydrogen (secondary N) is 1. The van der Waals surface area contributed by atoms with Crippen molar-refractivity contribution in [2.75, 3.05) is 6.61 Å². The van der Waals surface area contributed by atoms with Crippen molar-refractivity contribution < 1.29 is 14.6 Å². The predicted octanol–water partition coefficient (Wildman–Crippen LogP) is 4.48. The van der Waals surface area contributed by atoms with Crippen molar-refractivity contribution in [2.24, 2.45) is 0 Å². The molecule has 37 heavy (non-hydrogen) atoms. The molecule has 186 valence electrons. The molecule has 5 rings (SSSR count). The highest BCUT2D eigenvalue weighted by molar-refractivity contribution is 5.88. The summed E-state index contributed by atoms with van der Waals surface area (Å²) in [5.41, 5.74) is 4.78. The van der Waals surface area contributed by atoms with E-state index >= 15 is 0 Å². The number of carboxylic acids is 1. The molecule has 7 heteroatoms. The van der Waals surface area contributed by atoms with Gasteiger partial charge in [-0.05, 0) is 52.4 Å². The fraction of sp³-hybridized carbons (Fsp3) is 0.167. The number of carbonyl (C=O) groups is 1. The van der Waals surface area contributed by atoms with Crippen molar-refractivity contribution >= 4 is 18.1 Å². The molecular formula is C30H26N2O5. The molecule has 0 amide bonds. The van der Waals surface area contributed by atoms with E-state index in [1.807, 2.05) is 73.7 Å². The second-order valence-electron chi connectivity index (χ2n) is 8.98. The average Bonchev–Trinajstić information content (AvgIpc) is 3.06. The van der Waals surface area contributed by atoms with Gasteiger partial charge in [0.15, 0.2) is 0 Å². The van der Waals surface area contributed by atoms with Crippen LogP contribution < -0.4 is 11.2 Å². The zero-order valence-corrected chi connectivity index (χ0v) is 20.3. The lowest BCUT2D eigenvalue weighted by atomic mass is 9.83. The first kappa shape index (κ1) is 24.2. The number of rotatable bonds is 7. The Labute approximate surface area is 213 Å². The Morgan fingerprint density at radius 1 is 0.919 bits per heavy atom. The van der Waals surface area contributed by atoms with Gasteiger partial charge in [0.05, 0.1) is 18.7 Å². The molecule has 0 fully saturated rings. The maximum Gasteiger partial charge on any atom is 0.335 e. The predicted molar refractivity (Wildman–Crippen MR) is 142 cm³/mol. The van der Waals surface area contributed by atoms with Crippen molar-refractivity contribution in [3.05, 3.63) is 138 Å². The third-order valence-corrected chi connectivity index (χ3v) is 6.53. The number of nitrogens with zero attached hydrogens (tertiary/aromatic N) is 1. The van der Waals surface area contributed by atoms with Crippen LogP contribution in [0.2, 0.25) is 0 Å². The summed E-state index contributed by atoms with van der Waals surface area (Å²) in [7, 11) is 0. The van der Waals surface area contributed by atoms with Crippen LogP contribution in [0.25, 0.3) is 12.2 Å². The maximum atomic E-state index is 13.2. The van der Waals surface area contributed by atoms with Gasteiger partial charge in [-0.25, -0.2) is 9.59 Å². The van der Waals surface area contributed by atoms with Gasteiger partial charge in [-0.3, -0.25) is 14.3 Å². The molecule has 1 aromatic heterocycles. The number of aromatic carboxylic acids is 1. The zero-order chi connectivity index (χ0) is 25.9. The first-order valence-corrected chi connectivity index (χ1v) is 12.1. The molecule has 0 spiro atoms. The quantitative estimate of drug-likeness (QED) is 0.347. The first-order chi connectivity index (χ1) is 17.9. The highest BCUT2D eigenvalue weighted by Crippen LogP contribution is 2.37. The van der Waals surface area contributed by atoms with Crippen molar-refractivity contribution in [3.8, 4) is 0 Å². The summed E-state index contributed by atoms with van der Waals surface area (Å²) in [6, 6.07) is 20.7. The van der Waals surface area contributed by atoms with Gasteiger partial charge in [-0.1, -0.05) is 66.7 Å². The highest BCUT2D eigenvalue weighted by atomic mass is 16.5. The van der Waals surface area contributed by atoms with E-state index in [1.165, 1.54) is 10.6 Å². The molecule has 0 bridgehead atoms. The third-order valence-electron chi connectivity index (χ3n) is 6.53. The van der Waals surface area contributed by atoms with Crippen LogP contribution in [-0.2, 0) is 17.9 Å². The highest BCUT2D eigenvalue weighted by Gasteiger charge is 2.26. The smallest absolute Gasteiger partial charge is 0.335 e. The van der Waals surface area contributed by atoms with Crippen LogP contribution in [0.15, 0.2) is 82.5 Å². The van der Waals surface area contributed by atoms with E-state index in [-0.39, 0.29) is 18.7 Å². The van der Waals surface area contributed by atoms with Gasteiger partial charge in [0, 0.05) is 24.3 Å². The fourth-order valence-electron chi connectivity index (χ4n) is 4.86. The van der Waals surface area contributed by atoms with E-state index in [1.54, 1.807) is 12.3 Å². The number of carboxylic acid groups (broad SMARTS) is 1. The summed E-state index contributed by atoms with van der Waals surface area (Å²) in [6.07, 6.45) is 5.67. The molecule has 1 aliphatic carbocycles. The standard InChI is InChI=1S/C30H26N2O5/c1-2-37-18-20-13-19(14-23(15-20)29(34)35)16-32-17-26(28(33)31-30(32)36)27-24-9-5-3-7-21(24)11-12-22-8-4-6-10-25(22)27/h3-15,17,27H,2,16,18H2,1H3,(H,34,35)(H,31,33,36). The average molecular weight is 495 g/mol. The summed E-state index contributed by atoms with van der Waals surface area (Å²) >= 11 is 0. The Bertz CT molecular complexity index is 1580. The zero-order valence-electron chi connectivity index (χ0n) is 20.3. The Morgan fingerprint density at radius 3 is 2.16 bits per heavy atom. The van der Waals surface area contributed by atoms with Crippen LogP contribution in [0, 0.1) is 0 Å². The van der Waals surface area contributed by atoms with Gasteiger partial charge in [-0.2, -0.15) is 0 Å². The largest absolute Gasteiger partial charge is 0.478 e. The second-order valence-corrected chi connectivity index (χ2v) is 8.98. The lowest BCUT2D eigenvalue weighted by molar-refractivity contribution is 0.0696. The minimum Gasteiger partial charge on any atom is -0.478 e. The van der Waals surface area contributed by atoms with Crippen LogP contribution in [0.4, 0.5) is 0 Å². The number of ether oxygens (including phenoxy) is 1. The Morgan fingerprint density at radius 2 is 1.54 bits per heavy atom. The number of hydrogen-bond acceptors (Lipinski definition) is 4. The van der Waals surface area contributed by atoms with Gasteiger partial charge >= 0.3 is 11.7 Å². The summed E-state index contributed by atoms with van der Waals surface area (Å²) < 4.78 is 6.88. The normalized spacial score (nSPS) is 12.6. The van der Waals surface area contributed by atoms with E-state index in [9.17, 15) is 19.5 Å². The summed E-state index contributed by atoms with van der Waals surface area (Å²) in [5, 5.41) is 9.58. The molecule has 0 aliphatic heterocycles. The number of H-pyrrole nitrogens is 1. The third kappa shape index (κ3) is 4.94. The SMILES string of the molecule is CCOCc1cc(Cn2cc(C3c4ccccc4C=Cc4ccccc43)c(=O)[nH]c2=O)cc(C(=O)O)c1. The molecule has 1 aliphatic rings. The molecule has 0 saturated heterocycles. The van der Waals surface area contributed by atoms with E-state index in [4.69, 9.17) is 4.74 Å². The van der Waals surface area contributed by atoms with E-state index in [2.05, 4.69) is 4.98 Å². The molecule has 1 heterocycles. The Hall–Kier alpha value is -4.49. The number of aromatic amines is 1. The van der Waals surface area contributed by atoms with Gasteiger partial charge in [0.25, 0.3) is 5.56 Å². The summed E-state index contributed by atoms with van der Waals surface area (Å²) in [6.45, 7) is 2.72. The minimum atomic E-state index is -1.06. The Kier molecular flexibility index (Phi) is 6.70. The van der Waals surface area contributed by atoms with Crippen LogP contribution in [-0.4, -0.2) is 27.2 Å². The van der Waals surface area contributed by atoms with Gasteiger partial charge < -0.3 is 9.84 Å². The lowest BCUT2D eigenvalue weighted by Crippen LogP contribution is -2.33.